The molecular weight excluding hydrogens is 292 g/mol. The first-order chi connectivity index (χ1) is 9.97. The van der Waals surface area contributed by atoms with E-state index >= 15 is 0 Å². The second-order valence-electron chi connectivity index (χ2n) is 4.79. The number of piperazine rings is 1. The van der Waals surface area contributed by atoms with Crippen LogP contribution in [-0.2, 0) is 9.59 Å². The number of amides is 3. The zero-order chi connectivity index (χ0) is 15.1. The fourth-order valence-electron chi connectivity index (χ4n) is 2.29. The van der Waals surface area contributed by atoms with Crippen LogP contribution in [0, 0.1) is 6.92 Å². The molecule has 108 valence electrons. The van der Waals surface area contributed by atoms with Gasteiger partial charge in [0.2, 0.25) is 11.8 Å². The van der Waals surface area contributed by atoms with Crippen LogP contribution >= 0.6 is 11.3 Å². The van der Waals surface area contributed by atoms with E-state index in [1.165, 1.54) is 16.2 Å². The standard InChI is InChI=1S/C13H12N4O3S/c1-6-2-3-15-12-9(6)10(14)11(21-12)13(20)17-4-7(18)16-8(19)5-17/h2-3H,4-5,14H2,1H3,(H,16,18,19). The van der Waals surface area contributed by atoms with Crippen LogP contribution in [0.2, 0.25) is 0 Å². The van der Waals surface area contributed by atoms with Gasteiger partial charge < -0.3 is 10.6 Å². The average molecular weight is 304 g/mol. The number of hydrogen-bond donors (Lipinski definition) is 2. The van der Waals surface area contributed by atoms with Gasteiger partial charge in [-0.3, -0.25) is 19.7 Å². The summed E-state index contributed by atoms with van der Waals surface area (Å²) in [4.78, 5) is 41.6. The third kappa shape index (κ3) is 2.23. The summed E-state index contributed by atoms with van der Waals surface area (Å²) in [6.07, 6.45) is 1.65. The third-order valence-corrected chi connectivity index (χ3v) is 4.37. The quantitative estimate of drug-likeness (QED) is 0.736. The Morgan fingerprint density at radius 1 is 1.38 bits per heavy atom. The number of carbonyl (C=O) groups excluding carboxylic acids is 3. The SMILES string of the molecule is Cc1ccnc2sc(C(=O)N3CC(=O)NC(=O)C3)c(N)c12. The van der Waals surface area contributed by atoms with Crippen molar-refractivity contribution >= 4 is 45.0 Å². The molecule has 1 fully saturated rings. The zero-order valence-electron chi connectivity index (χ0n) is 11.2. The molecule has 0 aromatic carbocycles. The maximum absolute atomic E-state index is 12.5. The number of imide groups is 1. The van der Waals surface area contributed by atoms with Gasteiger partial charge >= 0.3 is 0 Å². The number of nitrogens with zero attached hydrogens (tertiary/aromatic N) is 2. The second-order valence-corrected chi connectivity index (χ2v) is 5.78. The Labute approximate surface area is 123 Å². The Morgan fingerprint density at radius 3 is 2.67 bits per heavy atom. The van der Waals surface area contributed by atoms with E-state index in [-0.39, 0.29) is 13.1 Å². The number of fused-ring (bicyclic) bond motifs is 1. The minimum atomic E-state index is -0.492. The van der Waals surface area contributed by atoms with E-state index in [2.05, 4.69) is 10.3 Å². The van der Waals surface area contributed by atoms with Crippen LogP contribution in [0.1, 0.15) is 15.2 Å². The van der Waals surface area contributed by atoms with Gasteiger partial charge in [-0.05, 0) is 18.6 Å². The van der Waals surface area contributed by atoms with Crippen LogP contribution < -0.4 is 11.1 Å². The van der Waals surface area contributed by atoms with Crippen LogP contribution in [-0.4, -0.2) is 40.7 Å². The maximum atomic E-state index is 12.5. The molecule has 7 nitrogen and oxygen atoms in total. The Bertz CT molecular complexity index is 767. The first-order valence-electron chi connectivity index (χ1n) is 6.23. The highest BCUT2D eigenvalue weighted by Crippen LogP contribution is 2.35. The Balaban J connectivity index is 2.02. The molecular formula is C13H12N4O3S. The van der Waals surface area contributed by atoms with Gasteiger partial charge in [0.25, 0.3) is 5.91 Å². The van der Waals surface area contributed by atoms with Crippen LogP contribution in [0.4, 0.5) is 5.69 Å². The van der Waals surface area contributed by atoms with Crippen molar-refractivity contribution in [2.45, 2.75) is 6.92 Å². The number of nitrogen functional groups attached to an aromatic ring is 1. The summed E-state index contributed by atoms with van der Waals surface area (Å²) < 4.78 is 0. The average Bonchev–Trinajstić information content (AvgIpc) is 2.75. The van der Waals surface area contributed by atoms with E-state index in [9.17, 15) is 14.4 Å². The van der Waals surface area contributed by atoms with Crippen LogP contribution in [0.15, 0.2) is 12.3 Å². The molecule has 0 aliphatic carbocycles. The zero-order valence-corrected chi connectivity index (χ0v) is 12.0. The molecule has 21 heavy (non-hydrogen) atoms. The number of nitrogens with two attached hydrogens (primary N) is 1. The highest BCUT2D eigenvalue weighted by molar-refractivity contribution is 7.21. The van der Waals surface area contributed by atoms with Crippen molar-refractivity contribution in [1.82, 2.24) is 15.2 Å². The molecule has 8 heteroatoms. The molecule has 1 aliphatic rings. The summed E-state index contributed by atoms with van der Waals surface area (Å²) in [5, 5.41) is 2.90. The lowest BCUT2D eigenvalue weighted by Gasteiger charge is -2.25. The monoisotopic (exact) mass is 304 g/mol. The lowest BCUT2D eigenvalue weighted by molar-refractivity contribution is -0.135. The van der Waals surface area contributed by atoms with Crippen molar-refractivity contribution in [3.8, 4) is 0 Å². The molecule has 0 radical (unpaired) electrons. The minimum Gasteiger partial charge on any atom is -0.397 e. The predicted molar refractivity (Wildman–Crippen MR) is 77.8 cm³/mol. The number of rotatable bonds is 1. The van der Waals surface area contributed by atoms with Gasteiger partial charge in [0, 0.05) is 11.6 Å². The number of nitrogens with one attached hydrogen (secondary N) is 1. The Morgan fingerprint density at radius 2 is 2.05 bits per heavy atom. The molecule has 3 rings (SSSR count). The topological polar surface area (TPSA) is 105 Å². The fourth-order valence-corrected chi connectivity index (χ4v) is 3.40. The number of aromatic nitrogens is 1. The summed E-state index contributed by atoms with van der Waals surface area (Å²) in [5.74, 6) is -1.40. The largest absolute Gasteiger partial charge is 0.397 e. The molecule has 0 saturated carbocycles. The van der Waals surface area contributed by atoms with Crippen LogP contribution in [0.3, 0.4) is 0 Å². The van der Waals surface area contributed by atoms with E-state index in [1.54, 1.807) is 6.20 Å². The van der Waals surface area contributed by atoms with Crippen LogP contribution in [0.5, 0.6) is 0 Å². The van der Waals surface area contributed by atoms with Crippen molar-refractivity contribution in [2.75, 3.05) is 18.8 Å². The van der Waals surface area contributed by atoms with Crippen molar-refractivity contribution in [3.63, 3.8) is 0 Å². The van der Waals surface area contributed by atoms with Crippen LogP contribution in [0.25, 0.3) is 10.2 Å². The number of pyridine rings is 1. The summed E-state index contributed by atoms with van der Waals surface area (Å²) in [6, 6.07) is 1.82. The van der Waals surface area contributed by atoms with Gasteiger partial charge in [-0.25, -0.2) is 4.98 Å². The maximum Gasteiger partial charge on any atom is 0.267 e. The Hall–Kier alpha value is -2.48. The molecule has 3 amide bonds. The van der Waals surface area contributed by atoms with E-state index in [4.69, 9.17) is 5.73 Å². The highest BCUT2D eigenvalue weighted by Gasteiger charge is 2.30. The lowest BCUT2D eigenvalue weighted by Crippen LogP contribution is -2.53. The highest BCUT2D eigenvalue weighted by atomic mass is 32.1. The summed E-state index contributed by atoms with van der Waals surface area (Å²) in [5.41, 5.74) is 7.34. The smallest absolute Gasteiger partial charge is 0.267 e. The lowest BCUT2D eigenvalue weighted by atomic mass is 10.1. The van der Waals surface area contributed by atoms with Crippen molar-refractivity contribution in [3.05, 3.63) is 22.7 Å². The molecule has 0 spiro atoms. The molecule has 2 aromatic heterocycles. The van der Waals surface area contributed by atoms with E-state index < -0.39 is 17.7 Å². The number of hydrogen-bond acceptors (Lipinski definition) is 6. The normalized spacial score (nSPS) is 15.4. The summed E-state index contributed by atoms with van der Waals surface area (Å²) in [7, 11) is 0. The first kappa shape index (κ1) is 13.5. The molecule has 2 aromatic rings. The molecule has 0 unspecified atom stereocenters. The number of aryl methyl sites for hydroxylation is 1. The van der Waals surface area contributed by atoms with Crippen molar-refractivity contribution < 1.29 is 14.4 Å². The number of carbonyl (C=O) groups is 3. The summed E-state index contributed by atoms with van der Waals surface area (Å²) in [6.45, 7) is 1.59. The second kappa shape index (κ2) is 4.81. The predicted octanol–water partition coefficient (Wildman–Crippen LogP) is 0.286. The fraction of sp³-hybridized carbons (Fsp3) is 0.231. The molecule has 1 saturated heterocycles. The van der Waals surface area contributed by atoms with Gasteiger partial charge in [-0.15, -0.1) is 11.3 Å². The van der Waals surface area contributed by atoms with Gasteiger partial charge in [0.05, 0.1) is 5.69 Å². The number of anilines is 1. The summed E-state index contributed by atoms with van der Waals surface area (Å²) >= 11 is 1.17. The van der Waals surface area contributed by atoms with Gasteiger partial charge in [0.15, 0.2) is 0 Å². The first-order valence-corrected chi connectivity index (χ1v) is 7.04. The molecule has 3 heterocycles. The van der Waals surface area contributed by atoms with Gasteiger partial charge in [-0.2, -0.15) is 0 Å². The molecule has 0 atom stereocenters. The van der Waals surface area contributed by atoms with Crippen molar-refractivity contribution in [2.24, 2.45) is 0 Å². The van der Waals surface area contributed by atoms with Crippen molar-refractivity contribution in [1.29, 1.82) is 0 Å². The van der Waals surface area contributed by atoms with E-state index in [0.29, 0.717) is 15.4 Å². The number of thiophene rings is 1. The van der Waals surface area contributed by atoms with E-state index in [0.717, 1.165) is 10.9 Å². The minimum absolute atomic E-state index is 0.148. The third-order valence-electron chi connectivity index (χ3n) is 3.27. The Kier molecular flexibility index (Phi) is 3.09. The molecule has 0 bridgehead atoms. The molecule has 3 N–H and O–H groups in total. The van der Waals surface area contributed by atoms with E-state index in [1.807, 2.05) is 13.0 Å². The van der Waals surface area contributed by atoms with Gasteiger partial charge in [-0.1, -0.05) is 0 Å². The van der Waals surface area contributed by atoms with Gasteiger partial charge in [0.1, 0.15) is 22.8 Å². The molecule has 1 aliphatic heterocycles.